The van der Waals surface area contributed by atoms with Gasteiger partial charge < -0.3 is 26.4 Å². The van der Waals surface area contributed by atoms with Crippen molar-refractivity contribution in [2.75, 3.05) is 35.2 Å². The van der Waals surface area contributed by atoms with Crippen LogP contribution in [-0.4, -0.2) is 57.7 Å². The first-order valence-corrected chi connectivity index (χ1v) is 14.7. The zero-order valence-corrected chi connectivity index (χ0v) is 22.9. The lowest BCUT2D eigenvalue weighted by Gasteiger charge is -2.45. The molecule has 2 atom stereocenters. The van der Waals surface area contributed by atoms with Gasteiger partial charge in [0, 0.05) is 30.6 Å². The molecule has 3 aliphatic heterocycles. The topological polar surface area (TPSA) is 125 Å². The Morgan fingerprint density at radius 3 is 2.66 bits per heavy atom. The lowest BCUT2D eigenvalue weighted by molar-refractivity contribution is -0.130. The minimum absolute atomic E-state index is 0.0901. The standard InChI is InChI=1S/C27H34ClN7O2S/c28-24-17(35-21-8-1-2-12-34(21)22(36)15-23(35)37)5-3-6-18(24)38-26-25(30)32-20(16-31-26)33-13-10-27(11-14-33)9-4-7-19(27)29/h3,5-6,15-16,19,21,37H,1-2,4,7-14,29H2,(H2,30,32)/t19?,21-/m0/s1. The zero-order valence-electron chi connectivity index (χ0n) is 21.4. The van der Waals surface area contributed by atoms with E-state index in [4.69, 9.17) is 23.1 Å². The van der Waals surface area contributed by atoms with Crippen molar-refractivity contribution in [1.29, 1.82) is 0 Å². The SMILES string of the molecule is Nc1nc(N2CCC3(CCCC3N)CC2)cnc1Sc1cccc(N2C(O)=CC(=O)N3CCCC[C@@H]32)c1Cl. The molecule has 0 bridgehead atoms. The molecule has 1 aromatic carbocycles. The maximum Gasteiger partial charge on any atom is 0.253 e. The van der Waals surface area contributed by atoms with Gasteiger partial charge in [-0.15, -0.1) is 0 Å². The van der Waals surface area contributed by atoms with Crippen molar-refractivity contribution in [2.45, 2.75) is 73.5 Å². The van der Waals surface area contributed by atoms with Crippen LogP contribution >= 0.6 is 23.4 Å². The van der Waals surface area contributed by atoms with Gasteiger partial charge in [0.25, 0.3) is 5.91 Å². The van der Waals surface area contributed by atoms with Gasteiger partial charge in [0.2, 0.25) is 0 Å². The van der Waals surface area contributed by atoms with Gasteiger partial charge in [0.1, 0.15) is 17.0 Å². The highest BCUT2D eigenvalue weighted by molar-refractivity contribution is 7.99. The lowest BCUT2D eigenvalue weighted by atomic mass is 9.74. The molecule has 2 saturated heterocycles. The number of carbonyl (C=O) groups excluding carboxylic acids is 1. The fourth-order valence-electron chi connectivity index (χ4n) is 6.59. The number of nitrogens with zero attached hydrogens (tertiary/aromatic N) is 5. The van der Waals surface area contributed by atoms with Crippen LogP contribution < -0.4 is 21.3 Å². The number of hydrogen-bond acceptors (Lipinski definition) is 9. The smallest absolute Gasteiger partial charge is 0.253 e. The number of nitrogens with two attached hydrogens (primary N) is 2. The van der Waals surface area contributed by atoms with Gasteiger partial charge in [0.15, 0.2) is 11.7 Å². The number of fused-ring (bicyclic) bond motifs is 1. The van der Waals surface area contributed by atoms with Gasteiger partial charge in [-0.3, -0.25) is 9.69 Å². The third-order valence-electron chi connectivity index (χ3n) is 8.77. The van der Waals surface area contributed by atoms with Gasteiger partial charge in [-0.25, -0.2) is 9.97 Å². The van der Waals surface area contributed by atoms with Crippen LogP contribution in [0.1, 0.15) is 51.4 Å². The molecule has 4 aliphatic rings. The largest absolute Gasteiger partial charge is 0.494 e. The molecule has 1 spiro atoms. The molecule has 6 rings (SSSR count). The lowest BCUT2D eigenvalue weighted by Crippen LogP contribution is -2.56. The van der Waals surface area contributed by atoms with E-state index in [1.165, 1.54) is 30.7 Å². The van der Waals surface area contributed by atoms with E-state index in [0.717, 1.165) is 62.3 Å². The summed E-state index contributed by atoms with van der Waals surface area (Å²) >= 11 is 8.24. The summed E-state index contributed by atoms with van der Waals surface area (Å²) < 4.78 is 0. The predicted molar refractivity (Wildman–Crippen MR) is 150 cm³/mol. The van der Waals surface area contributed by atoms with Crippen LogP contribution in [0.2, 0.25) is 5.02 Å². The van der Waals surface area contributed by atoms with E-state index in [-0.39, 0.29) is 23.4 Å². The molecule has 3 fully saturated rings. The minimum atomic E-state index is -0.259. The molecule has 1 aliphatic carbocycles. The molecule has 1 amide bonds. The van der Waals surface area contributed by atoms with E-state index in [0.29, 0.717) is 34.1 Å². The molecule has 1 aromatic heterocycles. The van der Waals surface area contributed by atoms with Crippen LogP contribution in [0.3, 0.4) is 0 Å². The zero-order chi connectivity index (χ0) is 26.4. The molecule has 4 heterocycles. The Balaban J connectivity index is 1.20. The van der Waals surface area contributed by atoms with Crippen molar-refractivity contribution in [3.05, 3.63) is 41.4 Å². The van der Waals surface area contributed by atoms with E-state index >= 15 is 0 Å². The predicted octanol–water partition coefficient (Wildman–Crippen LogP) is 4.52. The van der Waals surface area contributed by atoms with Crippen LogP contribution in [0.15, 0.2) is 46.3 Å². The second-order valence-corrected chi connectivity index (χ2v) is 12.2. The molecule has 0 radical (unpaired) electrons. The first-order valence-electron chi connectivity index (χ1n) is 13.5. The number of aliphatic hydroxyl groups is 1. The Hall–Kier alpha value is -2.69. The van der Waals surface area contributed by atoms with Crippen molar-refractivity contribution in [3.63, 3.8) is 0 Å². The number of hydrogen-bond donors (Lipinski definition) is 3. The summed E-state index contributed by atoms with van der Waals surface area (Å²) in [5.74, 6) is 0.895. The summed E-state index contributed by atoms with van der Waals surface area (Å²) in [6.07, 6.45) is 11.2. The van der Waals surface area contributed by atoms with E-state index in [1.807, 2.05) is 18.2 Å². The van der Waals surface area contributed by atoms with Crippen LogP contribution in [-0.2, 0) is 4.79 Å². The number of aromatic nitrogens is 2. The Labute approximate surface area is 232 Å². The number of halogens is 1. The molecular weight excluding hydrogens is 522 g/mol. The Morgan fingerprint density at radius 2 is 1.92 bits per heavy atom. The normalized spacial score (nSPS) is 25.1. The van der Waals surface area contributed by atoms with E-state index in [9.17, 15) is 9.90 Å². The quantitative estimate of drug-likeness (QED) is 0.499. The number of nitrogen functional groups attached to an aromatic ring is 1. The number of aliphatic hydroxyl groups excluding tert-OH is 1. The summed E-state index contributed by atoms with van der Waals surface area (Å²) in [6.45, 7) is 2.49. The fourth-order valence-corrected chi connectivity index (χ4v) is 7.73. The van der Waals surface area contributed by atoms with Gasteiger partial charge in [-0.1, -0.05) is 35.9 Å². The van der Waals surface area contributed by atoms with Crippen molar-refractivity contribution >= 4 is 46.6 Å². The Morgan fingerprint density at radius 1 is 1.11 bits per heavy atom. The molecular formula is C27H34ClN7O2S. The maximum atomic E-state index is 12.5. The van der Waals surface area contributed by atoms with Gasteiger partial charge in [-0.05, 0) is 62.5 Å². The second-order valence-electron chi connectivity index (χ2n) is 10.8. The third kappa shape index (κ3) is 4.46. The van der Waals surface area contributed by atoms with Crippen LogP contribution in [0.5, 0.6) is 0 Å². The molecule has 1 unspecified atom stereocenters. The first kappa shape index (κ1) is 25.6. The summed E-state index contributed by atoms with van der Waals surface area (Å²) in [6, 6.07) is 5.95. The Bertz CT molecular complexity index is 1270. The molecule has 1 saturated carbocycles. The van der Waals surface area contributed by atoms with Crippen molar-refractivity contribution in [2.24, 2.45) is 11.1 Å². The average molecular weight is 556 g/mol. The number of rotatable bonds is 4. The number of piperidine rings is 2. The van der Waals surface area contributed by atoms with Crippen LogP contribution in [0.25, 0.3) is 0 Å². The minimum Gasteiger partial charge on any atom is -0.494 e. The monoisotopic (exact) mass is 555 g/mol. The van der Waals surface area contributed by atoms with Crippen molar-refractivity contribution < 1.29 is 9.90 Å². The molecule has 2 aromatic rings. The fraction of sp³-hybridized carbons (Fsp3) is 0.519. The highest BCUT2D eigenvalue weighted by atomic mass is 35.5. The number of anilines is 3. The van der Waals surface area contributed by atoms with Gasteiger partial charge in [-0.2, -0.15) is 0 Å². The number of carbonyl (C=O) groups is 1. The molecule has 11 heteroatoms. The van der Waals surface area contributed by atoms with Crippen LogP contribution in [0, 0.1) is 5.41 Å². The van der Waals surface area contributed by atoms with Crippen LogP contribution in [0.4, 0.5) is 17.3 Å². The summed E-state index contributed by atoms with van der Waals surface area (Å²) in [5.41, 5.74) is 13.8. The Kier molecular flexibility index (Phi) is 6.82. The molecule has 9 nitrogen and oxygen atoms in total. The summed E-state index contributed by atoms with van der Waals surface area (Å²) in [4.78, 5) is 28.3. The van der Waals surface area contributed by atoms with Crippen molar-refractivity contribution in [3.8, 4) is 0 Å². The average Bonchev–Trinajstić information content (AvgIpc) is 3.26. The highest BCUT2D eigenvalue weighted by Crippen LogP contribution is 2.46. The number of benzene rings is 1. The van der Waals surface area contributed by atoms with Gasteiger partial charge in [0.05, 0.1) is 23.0 Å². The summed E-state index contributed by atoms with van der Waals surface area (Å²) in [7, 11) is 0. The highest BCUT2D eigenvalue weighted by Gasteiger charge is 2.43. The molecule has 5 N–H and O–H groups in total. The molecule has 202 valence electrons. The van der Waals surface area contributed by atoms with Crippen molar-refractivity contribution in [1.82, 2.24) is 14.9 Å². The van der Waals surface area contributed by atoms with Gasteiger partial charge >= 0.3 is 0 Å². The summed E-state index contributed by atoms with van der Waals surface area (Å²) in [5, 5.41) is 11.8. The maximum absolute atomic E-state index is 12.5. The second kappa shape index (κ2) is 10.1. The van der Waals surface area contributed by atoms with E-state index in [1.54, 1.807) is 16.0 Å². The third-order valence-corrected chi connectivity index (χ3v) is 10.3. The first-order chi connectivity index (χ1) is 18.4. The van der Waals surface area contributed by atoms with E-state index < -0.39 is 0 Å². The van der Waals surface area contributed by atoms with E-state index in [2.05, 4.69) is 14.9 Å². The molecule has 38 heavy (non-hydrogen) atoms. The number of amides is 1.